The number of nitrogens with zero attached hydrogens (tertiary/aromatic N) is 1. The number of hydrogen-bond acceptors (Lipinski definition) is 4. The summed E-state index contributed by atoms with van der Waals surface area (Å²) in [5, 5.41) is 6.62. The second-order valence-electron chi connectivity index (χ2n) is 6.98. The van der Waals surface area contributed by atoms with Gasteiger partial charge in [0.1, 0.15) is 5.75 Å². The Morgan fingerprint density at radius 2 is 1.66 bits per heavy atom. The normalized spacial score (nSPS) is 10.9. The van der Waals surface area contributed by atoms with E-state index in [-0.39, 0.29) is 4.90 Å². The lowest BCUT2D eigenvalue weighted by Crippen LogP contribution is -2.32. The number of para-hydroxylation sites is 1. The maximum Gasteiger partial charge on any atom is 0.264 e. The van der Waals surface area contributed by atoms with Crippen LogP contribution in [0.5, 0.6) is 5.75 Å². The van der Waals surface area contributed by atoms with Crippen LogP contribution in [0.15, 0.2) is 83.8 Å². The smallest absolute Gasteiger partial charge is 0.264 e. The van der Waals surface area contributed by atoms with Gasteiger partial charge in [-0.1, -0.05) is 48.5 Å². The number of rotatable bonds is 9. The number of hydrogen-bond donors (Lipinski definition) is 2. The van der Waals surface area contributed by atoms with Gasteiger partial charge in [0, 0.05) is 13.1 Å². The molecule has 0 spiro atoms. The Labute approximate surface area is 195 Å². The molecule has 2 N–H and O–H groups in total. The quantitative estimate of drug-likeness (QED) is 0.452. The molecular formula is C24H27N3O3S2. The van der Waals surface area contributed by atoms with Crippen molar-refractivity contribution >= 4 is 38.7 Å². The van der Waals surface area contributed by atoms with E-state index >= 15 is 0 Å². The number of benzene rings is 3. The first-order valence-corrected chi connectivity index (χ1v) is 12.1. The Kier molecular flexibility index (Phi) is 8.08. The molecule has 0 bridgehead atoms. The fraction of sp³-hybridized carbons (Fsp3) is 0.208. The van der Waals surface area contributed by atoms with Crippen LogP contribution in [0, 0.1) is 0 Å². The predicted octanol–water partition coefficient (Wildman–Crippen LogP) is 4.44. The molecule has 0 fully saturated rings. The summed E-state index contributed by atoms with van der Waals surface area (Å²) in [7, 11) is -2.24. The van der Waals surface area contributed by atoms with Crippen molar-refractivity contribution in [1.82, 2.24) is 5.32 Å². The number of sulfonamides is 1. The predicted molar refractivity (Wildman–Crippen MR) is 134 cm³/mol. The molecular weight excluding hydrogens is 442 g/mol. The van der Waals surface area contributed by atoms with Crippen molar-refractivity contribution in [2.75, 3.05) is 29.8 Å². The van der Waals surface area contributed by atoms with E-state index in [0.717, 1.165) is 6.42 Å². The summed E-state index contributed by atoms with van der Waals surface area (Å²) in [5.74, 6) is 0.499. The van der Waals surface area contributed by atoms with Gasteiger partial charge < -0.3 is 15.4 Å². The molecule has 0 aliphatic heterocycles. The molecule has 0 saturated carbocycles. The van der Waals surface area contributed by atoms with Crippen molar-refractivity contribution in [3.05, 3.63) is 84.4 Å². The van der Waals surface area contributed by atoms with Gasteiger partial charge in [-0.05, 0) is 61.5 Å². The van der Waals surface area contributed by atoms with Crippen LogP contribution in [0.25, 0.3) is 0 Å². The second kappa shape index (κ2) is 11.0. The van der Waals surface area contributed by atoms with Crippen LogP contribution in [0.1, 0.15) is 12.5 Å². The van der Waals surface area contributed by atoms with Crippen molar-refractivity contribution in [3.63, 3.8) is 0 Å². The molecule has 3 rings (SSSR count). The highest BCUT2D eigenvalue weighted by atomic mass is 32.2. The fourth-order valence-electron chi connectivity index (χ4n) is 3.29. The van der Waals surface area contributed by atoms with E-state index in [1.165, 1.54) is 23.0 Å². The number of ether oxygens (including phenoxy) is 1. The number of thiocarbonyl (C=S) groups is 1. The summed E-state index contributed by atoms with van der Waals surface area (Å²) < 4.78 is 33.4. The third-order valence-corrected chi connectivity index (χ3v) is 7.03. The van der Waals surface area contributed by atoms with E-state index in [9.17, 15) is 8.42 Å². The molecule has 0 aromatic heterocycles. The van der Waals surface area contributed by atoms with Gasteiger partial charge in [0.2, 0.25) is 0 Å². The number of nitrogens with one attached hydrogen (secondary N) is 2. The molecule has 168 valence electrons. The highest BCUT2D eigenvalue weighted by Crippen LogP contribution is 2.30. The Morgan fingerprint density at radius 1 is 1.00 bits per heavy atom. The number of anilines is 2. The zero-order valence-corrected chi connectivity index (χ0v) is 19.7. The van der Waals surface area contributed by atoms with Crippen LogP contribution in [-0.4, -0.2) is 33.7 Å². The molecule has 0 atom stereocenters. The summed E-state index contributed by atoms with van der Waals surface area (Å²) >= 11 is 5.41. The molecule has 6 nitrogen and oxygen atoms in total. The third-order valence-electron chi connectivity index (χ3n) is 4.88. The molecule has 3 aromatic rings. The average Bonchev–Trinajstić information content (AvgIpc) is 2.80. The van der Waals surface area contributed by atoms with Crippen molar-refractivity contribution < 1.29 is 13.2 Å². The van der Waals surface area contributed by atoms with E-state index in [2.05, 4.69) is 22.8 Å². The monoisotopic (exact) mass is 469 g/mol. The minimum absolute atomic E-state index is 0.151. The highest BCUT2D eigenvalue weighted by molar-refractivity contribution is 7.92. The molecule has 3 aromatic carbocycles. The zero-order valence-electron chi connectivity index (χ0n) is 18.1. The lowest BCUT2D eigenvalue weighted by Gasteiger charge is -2.23. The van der Waals surface area contributed by atoms with Gasteiger partial charge >= 0.3 is 0 Å². The van der Waals surface area contributed by atoms with Crippen LogP contribution in [0.3, 0.4) is 0 Å². The first kappa shape index (κ1) is 23.6. The highest BCUT2D eigenvalue weighted by Gasteiger charge is 2.24. The van der Waals surface area contributed by atoms with Crippen molar-refractivity contribution in [2.24, 2.45) is 0 Å². The average molecular weight is 470 g/mol. The maximum absolute atomic E-state index is 13.3. The molecule has 0 radical (unpaired) electrons. The van der Waals surface area contributed by atoms with E-state index in [1.54, 1.807) is 31.2 Å². The standard InChI is InChI=1S/C24H27N3O3S2/c1-3-27(20-12-8-5-9-13-20)32(28,29)21-14-15-23(30-2)22(18-21)26-24(31)25-17-16-19-10-6-4-7-11-19/h4-15,18H,3,16-17H2,1-2H3,(H2,25,26,31). The molecule has 8 heteroatoms. The lowest BCUT2D eigenvalue weighted by molar-refractivity contribution is 0.416. The second-order valence-corrected chi connectivity index (χ2v) is 9.25. The van der Waals surface area contributed by atoms with E-state index in [0.29, 0.717) is 35.3 Å². The summed E-state index contributed by atoms with van der Waals surface area (Å²) in [5.41, 5.74) is 2.29. The number of methoxy groups -OCH3 is 1. The SMILES string of the molecule is CCN(c1ccccc1)S(=O)(=O)c1ccc(OC)c(NC(=S)NCCc2ccccc2)c1. The van der Waals surface area contributed by atoms with Crippen LogP contribution in [0.2, 0.25) is 0 Å². The van der Waals surface area contributed by atoms with E-state index in [4.69, 9.17) is 17.0 Å². The van der Waals surface area contributed by atoms with Crippen LogP contribution >= 0.6 is 12.2 Å². The van der Waals surface area contributed by atoms with Gasteiger partial charge in [0.25, 0.3) is 10.0 Å². The minimum atomic E-state index is -3.77. The van der Waals surface area contributed by atoms with Gasteiger partial charge in [-0.15, -0.1) is 0 Å². The van der Waals surface area contributed by atoms with Crippen molar-refractivity contribution in [2.45, 2.75) is 18.2 Å². The topological polar surface area (TPSA) is 70.7 Å². The van der Waals surface area contributed by atoms with Gasteiger partial charge in [0.15, 0.2) is 5.11 Å². The van der Waals surface area contributed by atoms with E-state index in [1.807, 2.05) is 36.4 Å². The zero-order chi connectivity index (χ0) is 23.0. The van der Waals surface area contributed by atoms with Crippen LogP contribution in [-0.2, 0) is 16.4 Å². The largest absolute Gasteiger partial charge is 0.495 e. The molecule has 0 saturated heterocycles. The van der Waals surface area contributed by atoms with Crippen LogP contribution < -0.4 is 19.7 Å². The first-order valence-electron chi connectivity index (χ1n) is 10.3. The molecule has 0 amide bonds. The molecule has 0 heterocycles. The summed E-state index contributed by atoms with van der Waals surface area (Å²) in [4.78, 5) is 0.151. The molecule has 0 aliphatic rings. The Balaban J connectivity index is 1.76. The fourth-order valence-corrected chi connectivity index (χ4v) is 5.00. The van der Waals surface area contributed by atoms with Gasteiger partial charge in [-0.25, -0.2) is 8.42 Å². The maximum atomic E-state index is 13.3. The van der Waals surface area contributed by atoms with Gasteiger partial charge in [-0.3, -0.25) is 4.31 Å². The summed E-state index contributed by atoms with van der Waals surface area (Å²) in [6, 6.07) is 23.8. The van der Waals surface area contributed by atoms with E-state index < -0.39 is 10.0 Å². The van der Waals surface area contributed by atoms with Crippen molar-refractivity contribution in [3.8, 4) is 5.75 Å². The summed E-state index contributed by atoms with van der Waals surface area (Å²) in [6.07, 6.45) is 0.816. The molecule has 0 aliphatic carbocycles. The summed E-state index contributed by atoms with van der Waals surface area (Å²) in [6.45, 7) is 2.76. The van der Waals surface area contributed by atoms with Crippen LogP contribution in [0.4, 0.5) is 11.4 Å². The Bertz CT molecular complexity index is 1140. The van der Waals surface area contributed by atoms with Gasteiger partial charge in [0.05, 0.1) is 23.4 Å². The molecule has 32 heavy (non-hydrogen) atoms. The third kappa shape index (κ3) is 5.77. The molecule has 0 unspecified atom stereocenters. The Hall–Kier alpha value is -3.10. The van der Waals surface area contributed by atoms with Gasteiger partial charge in [-0.2, -0.15) is 0 Å². The Morgan fingerprint density at radius 3 is 2.28 bits per heavy atom. The minimum Gasteiger partial charge on any atom is -0.495 e. The lowest BCUT2D eigenvalue weighted by atomic mass is 10.1. The first-order chi connectivity index (χ1) is 15.5. The van der Waals surface area contributed by atoms with Crippen molar-refractivity contribution in [1.29, 1.82) is 0 Å².